The summed E-state index contributed by atoms with van der Waals surface area (Å²) in [7, 11) is 0.440. The van der Waals surface area contributed by atoms with Crippen molar-refractivity contribution in [2.75, 3.05) is 0 Å². The second-order valence-corrected chi connectivity index (χ2v) is 3.79. The molecule has 0 saturated carbocycles. The number of hydrogen-bond acceptors (Lipinski definition) is 2. The fourth-order valence-corrected chi connectivity index (χ4v) is 1.36. The Morgan fingerprint density at radius 3 is 1.46 bits per heavy atom. The molecule has 0 unspecified atom stereocenters. The number of rotatable bonds is 5. The molecule has 0 aliphatic heterocycles. The van der Waals surface area contributed by atoms with Gasteiger partial charge >= 0.3 is 23.1 Å². The molecule has 0 fully saturated rings. The summed E-state index contributed by atoms with van der Waals surface area (Å²) in [4.78, 5) is 0. The largest absolute Gasteiger partial charge is 2.00 e. The van der Waals surface area contributed by atoms with Crippen LogP contribution in [-0.2, 0) is 9.47 Å². The molecule has 13 heavy (non-hydrogen) atoms. The van der Waals surface area contributed by atoms with Gasteiger partial charge in [-0.3, -0.25) is 0 Å². The van der Waals surface area contributed by atoms with Crippen molar-refractivity contribution >= 4 is 32.6 Å². The zero-order valence-electron chi connectivity index (χ0n) is 8.84. The van der Waals surface area contributed by atoms with Crippen LogP contribution in [0.1, 0.15) is 27.7 Å². The number of hydrogen-bond donors (Lipinski definition) is 0. The topological polar surface area (TPSA) is 18.5 Å². The molecule has 2 nitrogen and oxygen atoms in total. The number of halogens is 1. The van der Waals surface area contributed by atoms with Crippen molar-refractivity contribution in [3.63, 3.8) is 0 Å². The van der Waals surface area contributed by atoms with E-state index in [4.69, 9.17) is 9.47 Å². The fraction of sp³-hybridized carbons (Fsp3) is 0.875. The summed E-state index contributed by atoms with van der Waals surface area (Å²) in [5.41, 5.74) is 0. The molecular weight excluding hydrogens is 216 g/mol. The predicted octanol–water partition coefficient (Wildman–Crippen LogP) is -1.76. The normalized spacial score (nSPS) is 10.2. The van der Waals surface area contributed by atoms with E-state index in [0.29, 0.717) is 9.52 Å². The Kier molecular flexibility index (Phi) is 17.1. The van der Waals surface area contributed by atoms with Gasteiger partial charge in [0, 0.05) is 0 Å². The van der Waals surface area contributed by atoms with Crippen LogP contribution < -0.4 is 12.4 Å². The molecule has 2 radical (unpaired) electrons. The molecule has 0 heterocycles. The van der Waals surface area contributed by atoms with E-state index in [1.165, 1.54) is 0 Å². The molecule has 0 bridgehead atoms. The van der Waals surface area contributed by atoms with Gasteiger partial charge < -0.3 is 28.4 Å². The molecule has 0 spiro atoms. The van der Waals surface area contributed by atoms with Crippen molar-refractivity contribution in [1.29, 1.82) is 0 Å². The van der Waals surface area contributed by atoms with Crippen LogP contribution in [0.25, 0.3) is 0 Å². The molecule has 0 atom stereocenters. The summed E-state index contributed by atoms with van der Waals surface area (Å²) >= 11 is 0. The van der Waals surface area contributed by atoms with E-state index in [0.717, 1.165) is 0 Å². The first-order chi connectivity index (χ1) is 5.06. The zero-order chi connectivity index (χ0) is 8.85. The van der Waals surface area contributed by atoms with Crippen LogP contribution in [0.5, 0.6) is 0 Å². The first-order valence-corrected chi connectivity index (χ1v) is 5.18. The zero-order valence-corrected chi connectivity index (χ0v) is 12.0. The predicted molar refractivity (Wildman–Crippen MR) is 53.1 cm³/mol. The van der Waals surface area contributed by atoms with Gasteiger partial charge in [0.25, 0.3) is 0 Å². The molecular formula is C8H17ClMgO2Si. The summed E-state index contributed by atoms with van der Waals surface area (Å²) in [6.45, 7) is 11.8. The Balaban J connectivity index is -0.000000500. The van der Waals surface area contributed by atoms with Crippen LogP contribution in [0.3, 0.4) is 0 Å². The van der Waals surface area contributed by atoms with E-state index in [1.54, 1.807) is 0 Å². The molecule has 0 N–H and O–H groups in total. The quantitative estimate of drug-likeness (QED) is 0.318. The molecule has 5 heteroatoms. The van der Waals surface area contributed by atoms with E-state index in [9.17, 15) is 0 Å². The van der Waals surface area contributed by atoms with Gasteiger partial charge in [-0.1, -0.05) is 9.52 Å². The Morgan fingerprint density at radius 1 is 1.00 bits per heavy atom. The van der Waals surface area contributed by atoms with Crippen LogP contribution in [0.2, 0.25) is 0 Å². The Morgan fingerprint density at radius 2 is 1.31 bits per heavy atom. The molecule has 74 valence electrons. The van der Waals surface area contributed by atoms with Gasteiger partial charge in [0.05, 0.1) is 12.2 Å². The SMILES string of the molecule is [CH2-][Si]C(OC(C)C)OC(C)C.[Cl-].[Mg+2]. The summed E-state index contributed by atoms with van der Waals surface area (Å²) in [6, 6.07) is 0. The van der Waals surface area contributed by atoms with E-state index in [-0.39, 0.29) is 53.6 Å². The van der Waals surface area contributed by atoms with Gasteiger partial charge in [-0.05, 0) is 27.7 Å². The average molecular weight is 233 g/mol. The van der Waals surface area contributed by atoms with E-state index < -0.39 is 0 Å². The van der Waals surface area contributed by atoms with Gasteiger partial charge in [-0.2, -0.15) is 0 Å². The third-order valence-corrected chi connectivity index (χ3v) is 1.56. The van der Waals surface area contributed by atoms with Gasteiger partial charge in [0.2, 0.25) is 0 Å². The molecule has 0 aromatic rings. The van der Waals surface area contributed by atoms with Gasteiger partial charge in [0.15, 0.2) is 0 Å². The van der Waals surface area contributed by atoms with Crippen molar-refractivity contribution in [3.8, 4) is 0 Å². The fourth-order valence-electron chi connectivity index (χ4n) is 0.623. The standard InChI is InChI=1S/C8H17O2Si.ClH.Mg/c1-6(2)9-8(11-5)10-7(3)4;;/h6-8H,5H2,1-4H3;1H;/q-1;;+2/p-1. The molecule has 0 amide bonds. The summed E-state index contributed by atoms with van der Waals surface area (Å²) in [5.74, 6) is -0.116. The molecule has 0 aromatic carbocycles. The van der Waals surface area contributed by atoms with Crippen LogP contribution in [0.4, 0.5) is 0 Å². The van der Waals surface area contributed by atoms with Gasteiger partial charge in [-0.15, -0.1) is 0 Å². The van der Waals surface area contributed by atoms with Crippen molar-refractivity contribution in [2.45, 2.75) is 45.8 Å². The monoisotopic (exact) mass is 232 g/mol. The summed E-state index contributed by atoms with van der Waals surface area (Å²) in [5, 5.41) is 0. The van der Waals surface area contributed by atoms with E-state index in [1.807, 2.05) is 27.7 Å². The maximum absolute atomic E-state index is 5.44. The van der Waals surface area contributed by atoms with Crippen molar-refractivity contribution in [1.82, 2.24) is 0 Å². The van der Waals surface area contributed by atoms with E-state index in [2.05, 4.69) is 6.55 Å². The molecule has 0 aliphatic rings. The molecule has 0 saturated heterocycles. The van der Waals surface area contributed by atoms with Gasteiger partial charge in [-0.25, -0.2) is 0 Å². The van der Waals surface area contributed by atoms with Gasteiger partial charge in [0.1, 0.15) is 5.91 Å². The Hall–Kier alpha value is 1.19. The first kappa shape index (κ1) is 19.7. The minimum absolute atomic E-state index is 0. The Labute approximate surface area is 107 Å². The number of ether oxygens (including phenoxy) is 2. The average Bonchev–Trinajstić information content (AvgIpc) is 1.84. The molecule has 0 aliphatic carbocycles. The summed E-state index contributed by atoms with van der Waals surface area (Å²) in [6.07, 6.45) is 0.431. The first-order valence-electron chi connectivity index (χ1n) is 3.89. The minimum Gasteiger partial charge on any atom is -1.00 e. The van der Waals surface area contributed by atoms with Crippen molar-refractivity contribution in [3.05, 3.63) is 6.55 Å². The second kappa shape index (κ2) is 11.3. The van der Waals surface area contributed by atoms with Crippen LogP contribution >= 0.6 is 0 Å². The van der Waals surface area contributed by atoms with Crippen molar-refractivity contribution in [2.24, 2.45) is 0 Å². The van der Waals surface area contributed by atoms with Crippen LogP contribution in [0.15, 0.2) is 0 Å². The maximum atomic E-state index is 5.44. The molecule has 0 rings (SSSR count). The second-order valence-electron chi connectivity index (χ2n) is 2.91. The van der Waals surface area contributed by atoms with Crippen LogP contribution in [-0.4, -0.2) is 50.7 Å². The third kappa shape index (κ3) is 13.2. The molecule has 0 aromatic heterocycles. The Bertz CT molecular complexity index is 94.1. The van der Waals surface area contributed by atoms with Crippen LogP contribution in [0, 0.1) is 6.55 Å². The van der Waals surface area contributed by atoms with E-state index >= 15 is 0 Å². The minimum atomic E-state index is -0.116. The van der Waals surface area contributed by atoms with Crippen molar-refractivity contribution < 1.29 is 21.9 Å². The summed E-state index contributed by atoms with van der Waals surface area (Å²) < 4.78 is 10.9. The maximum Gasteiger partial charge on any atom is 2.00 e. The third-order valence-electron chi connectivity index (χ3n) is 0.958. The smallest absolute Gasteiger partial charge is 1.00 e.